The average Bonchev–Trinajstić information content (AvgIpc) is 3.25. The fraction of sp³-hybridized carbons (Fsp3) is 0.233. The molecule has 0 radical (unpaired) electrons. The van der Waals surface area contributed by atoms with E-state index >= 15 is 0 Å². The maximum absolute atomic E-state index is 12.9. The van der Waals surface area contributed by atoms with Crippen LogP contribution in [0.1, 0.15) is 40.7 Å². The Morgan fingerprint density at radius 1 is 0.921 bits per heavy atom. The Labute approximate surface area is 226 Å². The van der Waals surface area contributed by atoms with Crippen LogP contribution in [0.5, 0.6) is 11.5 Å². The highest BCUT2D eigenvalue weighted by Gasteiger charge is 2.36. The number of hydrogen-bond acceptors (Lipinski definition) is 6. The molecular formula is C30H28N2O5S. The summed E-state index contributed by atoms with van der Waals surface area (Å²) in [6.07, 6.45) is 4.99. The molecule has 2 heterocycles. The maximum atomic E-state index is 12.9. The second kappa shape index (κ2) is 11.6. The molecule has 0 bridgehead atoms. The van der Waals surface area contributed by atoms with Crippen LogP contribution in [0.3, 0.4) is 0 Å². The van der Waals surface area contributed by atoms with E-state index in [2.05, 4.69) is 0 Å². The van der Waals surface area contributed by atoms with Crippen molar-refractivity contribution in [2.45, 2.75) is 25.9 Å². The summed E-state index contributed by atoms with van der Waals surface area (Å²) in [5, 5.41) is -0.331. The number of hydrogen-bond donors (Lipinski definition) is 0. The van der Waals surface area contributed by atoms with Gasteiger partial charge in [-0.25, -0.2) is 4.90 Å². The van der Waals surface area contributed by atoms with Crippen LogP contribution in [-0.4, -0.2) is 42.2 Å². The topological polar surface area (TPSA) is 76.1 Å². The highest BCUT2D eigenvalue weighted by atomic mass is 32.2. The average molecular weight is 529 g/mol. The first-order valence-electron chi connectivity index (χ1n) is 12.6. The Morgan fingerprint density at radius 3 is 2.37 bits per heavy atom. The summed E-state index contributed by atoms with van der Waals surface area (Å²) < 4.78 is 11.5. The molecule has 7 nitrogen and oxygen atoms in total. The predicted molar refractivity (Wildman–Crippen MR) is 148 cm³/mol. The van der Waals surface area contributed by atoms with E-state index in [1.807, 2.05) is 41.3 Å². The summed E-state index contributed by atoms with van der Waals surface area (Å²) in [6.45, 7) is 1.96. The van der Waals surface area contributed by atoms with Crippen molar-refractivity contribution in [2.75, 3.05) is 25.1 Å². The number of nitrogens with zero attached hydrogens (tertiary/aromatic N) is 2. The van der Waals surface area contributed by atoms with E-state index in [4.69, 9.17) is 9.47 Å². The maximum Gasteiger partial charge on any atom is 0.298 e. The zero-order valence-electron chi connectivity index (χ0n) is 21.1. The summed E-state index contributed by atoms with van der Waals surface area (Å²) in [4.78, 5) is 41.5. The number of amides is 3. The summed E-state index contributed by atoms with van der Waals surface area (Å²) in [7, 11) is 1.55. The van der Waals surface area contributed by atoms with Crippen molar-refractivity contribution in [3.05, 3.63) is 94.4 Å². The highest BCUT2D eigenvalue weighted by molar-refractivity contribution is 8.19. The predicted octanol–water partition coefficient (Wildman–Crippen LogP) is 6.14. The lowest BCUT2D eigenvalue weighted by molar-refractivity contribution is -0.113. The van der Waals surface area contributed by atoms with Crippen LogP contribution in [-0.2, 0) is 11.4 Å². The third-order valence-corrected chi connectivity index (χ3v) is 7.40. The van der Waals surface area contributed by atoms with E-state index in [0.717, 1.165) is 43.3 Å². The molecule has 2 saturated heterocycles. The Bertz CT molecular complexity index is 1370. The van der Waals surface area contributed by atoms with Crippen molar-refractivity contribution in [3.63, 3.8) is 0 Å². The first kappa shape index (κ1) is 25.6. The molecule has 0 N–H and O–H groups in total. The van der Waals surface area contributed by atoms with Gasteiger partial charge < -0.3 is 14.4 Å². The third-order valence-electron chi connectivity index (χ3n) is 6.53. The first-order valence-corrected chi connectivity index (χ1v) is 13.4. The van der Waals surface area contributed by atoms with Crippen molar-refractivity contribution < 1.29 is 23.9 Å². The van der Waals surface area contributed by atoms with E-state index in [1.165, 1.54) is 11.3 Å². The molecule has 0 aliphatic carbocycles. The van der Waals surface area contributed by atoms with Crippen LogP contribution < -0.4 is 14.4 Å². The standard InChI is InChI=1S/C30H28N2O5S/c1-36-26-18-22(19-27-29(34)32(30(35)38-27)24-8-4-2-5-9-24)12-15-25(26)37-20-21-10-13-23(14-11-21)28(33)31-16-6-3-7-17-31/h2,4-5,8-15,18-19H,3,6-7,16-17,20H2,1H3/b27-19-. The Kier molecular flexibility index (Phi) is 7.79. The molecule has 3 aromatic carbocycles. The van der Waals surface area contributed by atoms with Crippen LogP contribution in [0.4, 0.5) is 10.5 Å². The number of methoxy groups -OCH3 is 1. The summed E-state index contributed by atoms with van der Waals surface area (Å²) in [5.41, 5.74) is 2.88. The van der Waals surface area contributed by atoms with Crippen LogP contribution in [0, 0.1) is 0 Å². The number of imide groups is 1. The smallest absolute Gasteiger partial charge is 0.298 e. The van der Waals surface area contributed by atoms with Crippen molar-refractivity contribution in [3.8, 4) is 11.5 Å². The molecule has 2 aliphatic rings. The van der Waals surface area contributed by atoms with Crippen LogP contribution in [0.25, 0.3) is 6.08 Å². The van der Waals surface area contributed by atoms with Crippen LogP contribution in [0.15, 0.2) is 77.7 Å². The molecule has 38 heavy (non-hydrogen) atoms. The van der Waals surface area contributed by atoms with Gasteiger partial charge in [0.15, 0.2) is 11.5 Å². The van der Waals surface area contributed by atoms with Crippen molar-refractivity contribution in [1.82, 2.24) is 4.90 Å². The largest absolute Gasteiger partial charge is 0.493 e. The van der Waals surface area contributed by atoms with Gasteiger partial charge in [0.1, 0.15) is 6.61 Å². The number of anilines is 1. The zero-order valence-corrected chi connectivity index (χ0v) is 21.9. The number of piperidine rings is 1. The normalized spacial score (nSPS) is 16.7. The lowest BCUT2D eigenvalue weighted by atomic mass is 10.1. The van der Waals surface area contributed by atoms with E-state index < -0.39 is 0 Å². The van der Waals surface area contributed by atoms with Gasteiger partial charge in [0.2, 0.25) is 0 Å². The summed E-state index contributed by atoms with van der Waals surface area (Å²) in [6, 6.07) is 21.7. The minimum atomic E-state index is -0.354. The quantitative estimate of drug-likeness (QED) is 0.343. The molecule has 194 valence electrons. The van der Waals surface area contributed by atoms with E-state index in [0.29, 0.717) is 39.8 Å². The van der Waals surface area contributed by atoms with Gasteiger partial charge in [-0.05, 0) is 84.6 Å². The van der Waals surface area contributed by atoms with Crippen molar-refractivity contribution >= 4 is 40.6 Å². The second-order valence-electron chi connectivity index (χ2n) is 9.10. The van der Waals surface area contributed by atoms with Gasteiger partial charge in [0.05, 0.1) is 17.7 Å². The molecular weight excluding hydrogens is 500 g/mol. The minimum Gasteiger partial charge on any atom is -0.493 e. The molecule has 3 aromatic rings. The van der Waals surface area contributed by atoms with Gasteiger partial charge in [-0.3, -0.25) is 14.4 Å². The van der Waals surface area contributed by atoms with Crippen molar-refractivity contribution in [2.24, 2.45) is 0 Å². The number of likely N-dealkylation sites (tertiary alicyclic amines) is 1. The number of para-hydroxylation sites is 1. The SMILES string of the molecule is COc1cc(/C=C2\SC(=O)N(c3ccccc3)C2=O)ccc1OCc1ccc(C(=O)N2CCCCC2)cc1. The molecule has 0 spiro atoms. The van der Waals surface area contributed by atoms with Gasteiger partial charge >= 0.3 is 0 Å². The van der Waals surface area contributed by atoms with Gasteiger partial charge in [0, 0.05) is 18.7 Å². The molecule has 5 rings (SSSR count). The van der Waals surface area contributed by atoms with Gasteiger partial charge in [-0.1, -0.05) is 36.4 Å². The number of ether oxygens (including phenoxy) is 2. The van der Waals surface area contributed by atoms with E-state index in [-0.39, 0.29) is 17.1 Å². The highest BCUT2D eigenvalue weighted by Crippen LogP contribution is 2.37. The van der Waals surface area contributed by atoms with Crippen LogP contribution >= 0.6 is 11.8 Å². The third kappa shape index (κ3) is 5.60. The van der Waals surface area contributed by atoms with Crippen molar-refractivity contribution in [1.29, 1.82) is 0 Å². The lowest BCUT2D eigenvalue weighted by Crippen LogP contribution is -2.35. The fourth-order valence-electron chi connectivity index (χ4n) is 4.50. The summed E-state index contributed by atoms with van der Waals surface area (Å²) >= 11 is 0.908. The number of carbonyl (C=O) groups is 3. The molecule has 0 atom stereocenters. The molecule has 0 unspecified atom stereocenters. The second-order valence-corrected chi connectivity index (χ2v) is 10.1. The lowest BCUT2D eigenvalue weighted by Gasteiger charge is -2.26. The Balaban J connectivity index is 1.24. The first-order chi connectivity index (χ1) is 18.5. The molecule has 2 fully saturated rings. The number of thioether (sulfide) groups is 1. The Morgan fingerprint density at radius 2 is 1.66 bits per heavy atom. The van der Waals surface area contributed by atoms with Crippen LogP contribution in [0.2, 0.25) is 0 Å². The molecule has 0 aromatic heterocycles. The summed E-state index contributed by atoms with van der Waals surface area (Å²) in [5.74, 6) is 0.789. The Hall–Kier alpha value is -4.04. The molecule has 2 aliphatic heterocycles. The number of rotatable bonds is 7. The van der Waals surface area contributed by atoms with E-state index in [1.54, 1.807) is 49.6 Å². The fourth-order valence-corrected chi connectivity index (χ4v) is 5.34. The number of benzene rings is 3. The van der Waals surface area contributed by atoms with Gasteiger partial charge in [0.25, 0.3) is 17.1 Å². The molecule has 8 heteroatoms. The zero-order chi connectivity index (χ0) is 26.5. The minimum absolute atomic E-state index is 0.0797. The van der Waals surface area contributed by atoms with Gasteiger partial charge in [-0.2, -0.15) is 0 Å². The monoisotopic (exact) mass is 528 g/mol. The molecule has 3 amide bonds. The van der Waals surface area contributed by atoms with Gasteiger partial charge in [-0.15, -0.1) is 0 Å². The molecule has 0 saturated carbocycles. The number of carbonyl (C=O) groups excluding carboxylic acids is 3. The van der Waals surface area contributed by atoms with E-state index in [9.17, 15) is 14.4 Å².